The molecule has 2 amide bonds. The van der Waals surface area contributed by atoms with Gasteiger partial charge in [0.05, 0.1) is 0 Å². The molecule has 8 nitrogen and oxygen atoms in total. The Balaban J connectivity index is 1.40. The fourth-order valence-electron chi connectivity index (χ4n) is 3.52. The van der Waals surface area contributed by atoms with Gasteiger partial charge in [-0.15, -0.1) is 10.2 Å². The summed E-state index contributed by atoms with van der Waals surface area (Å²) in [6.07, 6.45) is 1.11. The van der Waals surface area contributed by atoms with Crippen LogP contribution in [0, 0.1) is 0 Å². The minimum atomic E-state index is -0.112. The van der Waals surface area contributed by atoms with E-state index in [1.54, 1.807) is 18.2 Å². The van der Waals surface area contributed by atoms with Crippen molar-refractivity contribution in [3.8, 4) is 0 Å². The average Bonchev–Trinajstić information content (AvgIpc) is 2.73. The number of aryl methyl sites for hydroxylation is 1. The number of aromatic nitrogens is 2. The average molecular weight is 379 g/mol. The number of nitrogens with one attached hydrogen (secondary N) is 1. The lowest BCUT2D eigenvalue weighted by molar-refractivity contribution is -0.116. The Morgan fingerprint density at radius 3 is 2.46 bits per heavy atom. The number of rotatable bonds is 3. The van der Waals surface area contributed by atoms with Gasteiger partial charge in [0.15, 0.2) is 11.6 Å². The van der Waals surface area contributed by atoms with Crippen LogP contribution >= 0.6 is 0 Å². The number of piperazine rings is 1. The first-order chi connectivity index (χ1) is 13.5. The molecule has 0 aliphatic carbocycles. The summed E-state index contributed by atoms with van der Waals surface area (Å²) in [5, 5.41) is 10.9. The SMILES string of the molecule is CC(=O)c1ccc(N2CCN(C(=O)c3ccc4c(c3)CCC(=O)N4)CC2)nn1. The maximum Gasteiger partial charge on any atom is 0.253 e. The summed E-state index contributed by atoms with van der Waals surface area (Å²) in [5.41, 5.74) is 2.80. The zero-order valence-corrected chi connectivity index (χ0v) is 15.6. The summed E-state index contributed by atoms with van der Waals surface area (Å²) in [6.45, 7) is 3.94. The summed E-state index contributed by atoms with van der Waals surface area (Å²) in [5.74, 6) is 0.611. The van der Waals surface area contributed by atoms with Crippen LogP contribution in [0.1, 0.15) is 39.8 Å². The van der Waals surface area contributed by atoms with Crippen molar-refractivity contribution < 1.29 is 14.4 Å². The summed E-state index contributed by atoms with van der Waals surface area (Å²) < 4.78 is 0. The van der Waals surface area contributed by atoms with Crippen LogP contribution in [0.5, 0.6) is 0 Å². The Morgan fingerprint density at radius 2 is 1.79 bits per heavy atom. The number of carbonyl (C=O) groups is 3. The van der Waals surface area contributed by atoms with Crippen molar-refractivity contribution >= 4 is 29.1 Å². The second-order valence-corrected chi connectivity index (χ2v) is 7.03. The van der Waals surface area contributed by atoms with Crippen LogP contribution in [0.3, 0.4) is 0 Å². The van der Waals surface area contributed by atoms with Gasteiger partial charge in [-0.05, 0) is 42.3 Å². The first kappa shape index (κ1) is 18.1. The van der Waals surface area contributed by atoms with Crippen molar-refractivity contribution in [3.05, 3.63) is 47.2 Å². The number of Topliss-reactive ketones (excluding diaryl/α,β-unsaturated/α-hetero) is 1. The first-order valence-electron chi connectivity index (χ1n) is 9.33. The van der Waals surface area contributed by atoms with Gasteiger partial charge in [-0.2, -0.15) is 0 Å². The van der Waals surface area contributed by atoms with Gasteiger partial charge >= 0.3 is 0 Å². The predicted molar refractivity (Wildman–Crippen MR) is 104 cm³/mol. The number of ketones is 1. The second kappa shape index (κ2) is 7.38. The molecular weight excluding hydrogens is 358 g/mol. The highest BCUT2D eigenvalue weighted by Crippen LogP contribution is 2.24. The molecule has 0 spiro atoms. The minimum Gasteiger partial charge on any atom is -0.352 e. The molecular formula is C20H21N5O3. The molecule has 0 unspecified atom stereocenters. The standard InChI is InChI=1S/C20H21N5O3/c1-13(26)16-5-6-18(23-22-16)24-8-10-25(11-9-24)20(28)15-2-4-17-14(12-15)3-7-19(27)21-17/h2,4-6,12H,3,7-11H2,1H3,(H,21,27). The van der Waals surface area contributed by atoms with E-state index >= 15 is 0 Å². The molecule has 2 aromatic rings. The molecule has 8 heteroatoms. The van der Waals surface area contributed by atoms with E-state index in [-0.39, 0.29) is 17.6 Å². The number of fused-ring (bicyclic) bond motifs is 1. The van der Waals surface area contributed by atoms with Gasteiger partial charge in [0.2, 0.25) is 5.91 Å². The van der Waals surface area contributed by atoms with Crippen LogP contribution in [0.2, 0.25) is 0 Å². The fraction of sp³-hybridized carbons (Fsp3) is 0.350. The van der Waals surface area contributed by atoms with Crippen molar-refractivity contribution in [2.45, 2.75) is 19.8 Å². The van der Waals surface area contributed by atoms with E-state index in [1.807, 2.05) is 17.0 Å². The van der Waals surface area contributed by atoms with Gasteiger partial charge in [0.25, 0.3) is 5.91 Å². The fourth-order valence-corrected chi connectivity index (χ4v) is 3.52. The van der Waals surface area contributed by atoms with Gasteiger partial charge < -0.3 is 15.1 Å². The number of hydrogen-bond donors (Lipinski definition) is 1. The smallest absolute Gasteiger partial charge is 0.253 e. The van der Waals surface area contributed by atoms with Crippen LogP contribution in [0.25, 0.3) is 0 Å². The molecule has 2 aliphatic heterocycles. The highest BCUT2D eigenvalue weighted by Gasteiger charge is 2.24. The molecule has 1 aromatic heterocycles. The van der Waals surface area contributed by atoms with Gasteiger partial charge in [0, 0.05) is 50.8 Å². The molecule has 144 valence electrons. The van der Waals surface area contributed by atoms with Gasteiger partial charge in [-0.3, -0.25) is 14.4 Å². The molecule has 1 aromatic carbocycles. The van der Waals surface area contributed by atoms with E-state index in [0.717, 1.165) is 11.3 Å². The largest absolute Gasteiger partial charge is 0.352 e. The summed E-state index contributed by atoms with van der Waals surface area (Å²) in [4.78, 5) is 39.5. The zero-order chi connectivity index (χ0) is 19.7. The van der Waals surface area contributed by atoms with Crippen LogP contribution in [0.4, 0.5) is 11.5 Å². The van der Waals surface area contributed by atoms with Crippen molar-refractivity contribution in [3.63, 3.8) is 0 Å². The molecule has 28 heavy (non-hydrogen) atoms. The Bertz CT molecular complexity index is 933. The van der Waals surface area contributed by atoms with Crippen LogP contribution in [-0.4, -0.2) is 58.9 Å². The van der Waals surface area contributed by atoms with Crippen molar-refractivity contribution in [2.75, 3.05) is 36.4 Å². The Labute approximate surface area is 162 Å². The molecule has 2 aliphatic rings. The Morgan fingerprint density at radius 1 is 1.00 bits per heavy atom. The maximum atomic E-state index is 12.9. The van der Waals surface area contributed by atoms with E-state index in [0.29, 0.717) is 56.1 Å². The van der Waals surface area contributed by atoms with E-state index in [1.165, 1.54) is 6.92 Å². The third-order valence-electron chi connectivity index (χ3n) is 5.15. The van der Waals surface area contributed by atoms with E-state index in [9.17, 15) is 14.4 Å². The number of anilines is 2. The number of hydrogen-bond acceptors (Lipinski definition) is 6. The highest BCUT2D eigenvalue weighted by molar-refractivity contribution is 5.98. The molecule has 1 N–H and O–H groups in total. The lowest BCUT2D eigenvalue weighted by Gasteiger charge is -2.35. The first-order valence-corrected chi connectivity index (χ1v) is 9.33. The molecule has 3 heterocycles. The second-order valence-electron chi connectivity index (χ2n) is 7.03. The van der Waals surface area contributed by atoms with Crippen LogP contribution in [0.15, 0.2) is 30.3 Å². The van der Waals surface area contributed by atoms with Crippen LogP contribution in [-0.2, 0) is 11.2 Å². The lowest BCUT2D eigenvalue weighted by atomic mass is 10.00. The molecule has 0 bridgehead atoms. The molecule has 1 fully saturated rings. The van der Waals surface area contributed by atoms with Gasteiger partial charge in [-0.25, -0.2) is 0 Å². The summed E-state index contributed by atoms with van der Waals surface area (Å²) >= 11 is 0. The number of amides is 2. The molecule has 0 radical (unpaired) electrons. The Hall–Kier alpha value is -3.29. The zero-order valence-electron chi connectivity index (χ0n) is 15.6. The van der Waals surface area contributed by atoms with Crippen molar-refractivity contribution in [1.82, 2.24) is 15.1 Å². The third kappa shape index (κ3) is 3.58. The minimum absolute atomic E-state index is 0.00244. The predicted octanol–water partition coefficient (Wildman–Crippen LogP) is 1.53. The molecule has 1 saturated heterocycles. The number of carbonyl (C=O) groups excluding carboxylic acids is 3. The summed E-state index contributed by atoms with van der Waals surface area (Å²) in [6, 6.07) is 8.93. The van der Waals surface area contributed by atoms with Crippen molar-refractivity contribution in [2.24, 2.45) is 0 Å². The highest BCUT2D eigenvalue weighted by atomic mass is 16.2. The van der Waals surface area contributed by atoms with Crippen molar-refractivity contribution in [1.29, 1.82) is 0 Å². The molecule has 0 atom stereocenters. The topological polar surface area (TPSA) is 95.5 Å². The number of benzene rings is 1. The quantitative estimate of drug-likeness (QED) is 0.813. The van der Waals surface area contributed by atoms with E-state index in [4.69, 9.17) is 0 Å². The lowest BCUT2D eigenvalue weighted by Crippen LogP contribution is -2.49. The van der Waals surface area contributed by atoms with Gasteiger partial charge in [0.1, 0.15) is 5.69 Å². The molecule has 4 rings (SSSR count). The monoisotopic (exact) mass is 379 g/mol. The van der Waals surface area contributed by atoms with Gasteiger partial charge in [-0.1, -0.05) is 0 Å². The normalized spacial score (nSPS) is 16.4. The number of nitrogens with zero attached hydrogens (tertiary/aromatic N) is 4. The van der Waals surface area contributed by atoms with E-state index in [2.05, 4.69) is 20.4 Å². The third-order valence-corrected chi connectivity index (χ3v) is 5.15. The maximum absolute atomic E-state index is 12.9. The van der Waals surface area contributed by atoms with Crippen LogP contribution < -0.4 is 10.2 Å². The summed E-state index contributed by atoms with van der Waals surface area (Å²) in [7, 11) is 0. The Kier molecular flexibility index (Phi) is 4.77. The van der Waals surface area contributed by atoms with E-state index < -0.39 is 0 Å². The molecule has 0 saturated carbocycles.